The number of rotatable bonds is 4. The second-order valence-corrected chi connectivity index (χ2v) is 6.06. The van der Waals surface area contributed by atoms with E-state index in [1.54, 1.807) is 0 Å². The molecule has 118 valence electrons. The van der Waals surface area contributed by atoms with Crippen LogP contribution >= 0.6 is 0 Å². The van der Waals surface area contributed by atoms with Gasteiger partial charge in [0.15, 0.2) is 0 Å². The van der Waals surface area contributed by atoms with Gasteiger partial charge in [-0.15, -0.1) is 0 Å². The molecule has 0 atom stereocenters. The van der Waals surface area contributed by atoms with Crippen LogP contribution in [0.25, 0.3) is 0 Å². The molecule has 0 radical (unpaired) electrons. The standard InChI is InChI=1S/C16H20N2O4/c19-14(20)11-18-12-16(22-15(18)21)6-8-17(9-7-16)10-13-4-2-1-3-5-13/h1-5H,6-12H2,(H,19,20). The van der Waals surface area contributed by atoms with Gasteiger partial charge in [-0.3, -0.25) is 14.6 Å². The molecule has 2 saturated heterocycles. The van der Waals surface area contributed by atoms with E-state index in [4.69, 9.17) is 9.84 Å². The third-order valence-electron chi connectivity index (χ3n) is 4.38. The monoisotopic (exact) mass is 304 g/mol. The fourth-order valence-corrected chi connectivity index (χ4v) is 3.20. The second kappa shape index (κ2) is 5.96. The maximum atomic E-state index is 11.8. The predicted molar refractivity (Wildman–Crippen MR) is 79.4 cm³/mol. The van der Waals surface area contributed by atoms with Crippen LogP contribution in [0.1, 0.15) is 18.4 Å². The van der Waals surface area contributed by atoms with Gasteiger partial charge in [-0.25, -0.2) is 4.79 Å². The first-order valence-corrected chi connectivity index (χ1v) is 7.52. The van der Waals surface area contributed by atoms with Crippen molar-refractivity contribution in [3.05, 3.63) is 35.9 Å². The Hall–Kier alpha value is -2.08. The largest absolute Gasteiger partial charge is 0.480 e. The van der Waals surface area contributed by atoms with Gasteiger partial charge in [-0.2, -0.15) is 0 Å². The zero-order valence-corrected chi connectivity index (χ0v) is 12.4. The van der Waals surface area contributed by atoms with Crippen LogP contribution in [0.3, 0.4) is 0 Å². The van der Waals surface area contributed by atoms with E-state index in [-0.39, 0.29) is 6.54 Å². The van der Waals surface area contributed by atoms with Crippen molar-refractivity contribution < 1.29 is 19.4 Å². The molecule has 6 nitrogen and oxygen atoms in total. The van der Waals surface area contributed by atoms with Crippen molar-refractivity contribution in [3.63, 3.8) is 0 Å². The lowest BCUT2D eigenvalue weighted by molar-refractivity contribution is -0.137. The number of carboxylic acid groups (broad SMARTS) is 1. The molecule has 0 unspecified atom stereocenters. The molecule has 0 bridgehead atoms. The van der Waals surface area contributed by atoms with Crippen LogP contribution in [-0.4, -0.2) is 58.7 Å². The molecule has 3 rings (SSSR count). The van der Waals surface area contributed by atoms with Crippen LogP contribution in [0.5, 0.6) is 0 Å². The highest BCUT2D eigenvalue weighted by molar-refractivity contribution is 5.78. The maximum Gasteiger partial charge on any atom is 0.411 e. The summed E-state index contributed by atoms with van der Waals surface area (Å²) in [5.74, 6) is -1.00. The number of benzene rings is 1. The first-order valence-electron chi connectivity index (χ1n) is 7.52. The van der Waals surface area contributed by atoms with Gasteiger partial charge in [0.1, 0.15) is 12.1 Å². The maximum absolute atomic E-state index is 11.8. The lowest BCUT2D eigenvalue weighted by Gasteiger charge is -2.37. The van der Waals surface area contributed by atoms with Gasteiger partial charge < -0.3 is 9.84 Å². The quantitative estimate of drug-likeness (QED) is 0.914. The first-order chi connectivity index (χ1) is 10.6. The van der Waals surface area contributed by atoms with Gasteiger partial charge in [0.05, 0.1) is 6.54 Å². The van der Waals surface area contributed by atoms with Gasteiger partial charge in [0, 0.05) is 32.5 Å². The van der Waals surface area contributed by atoms with Crippen LogP contribution in [0, 0.1) is 0 Å². The number of piperidine rings is 1. The molecular weight excluding hydrogens is 284 g/mol. The van der Waals surface area contributed by atoms with Crippen molar-refractivity contribution in [1.82, 2.24) is 9.80 Å². The molecule has 2 heterocycles. The minimum atomic E-state index is -1.00. The summed E-state index contributed by atoms with van der Waals surface area (Å²) in [7, 11) is 0. The molecule has 1 aromatic rings. The summed E-state index contributed by atoms with van der Waals surface area (Å²) in [6, 6.07) is 10.3. The van der Waals surface area contributed by atoms with Crippen molar-refractivity contribution in [1.29, 1.82) is 0 Å². The summed E-state index contributed by atoms with van der Waals surface area (Å²) in [5, 5.41) is 8.83. The minimum Gasteiger partial charge on any atom is -0.480 e. The number of aliphatic carboxylic acids is 1. The third-order valence-corrected chi connectivity index (χ3v) is 4.38. The van der Waals surface area contributed by atoms with E-state index in [0.717, 1.165) is 32.5 Å². The third kappa shape index (κ3) is 3.22. The molecule has 22 heavy (non-hydrogen) atoms. The van der Waals surface area contributed by atoms with E-state index in [1.165, 1.54) is 10.5 Å². The van der Waals surface area contributed by atoms with Gasteiger partial charge in [0.2, 0.25) is 0 Å². The van der Waals surface area contributed by atoms with Crippen molar-refractivity contribution in [3.8, 4) is 0 Å². The zero-order chi connectivity index (χ0) is 15.6. The highest BCUT2D eigenvalue weighted by Gasteiger charge is 2.47. The van der Waals surface area contributed by atoms with E-state index in [0.29, 0.717) is 6.54 Å². The van der Waals surface area contributed by atoms with Crippen molar-refractivity contribution >= 4 is 12.1 Å². The van der Waals surface area contributed by atoms with E-state index in [9.17, 15) is 9.59 Å². The number of carbonyl (C=O) groups excluding carboxylic acids is 1. The van der Waals surface area contributed by atoms with Crippen LogP contribution in [0.15, 0.2) is 30.3 Å². The molecule has 0 aliphatic carbocycles. The Morgan fingerprint density at radius 1 is 1.23 bits per heavy atom. The Kier molecular flexibility index (Phi) is 4.02. The van der Waals surface area contributed by atoms with Crippen LogP contribution in [0.4, 0.5) is 4.79 Å². The molecule has 1 aromatic carbocycles. The Morgan fingerprint density at radius 2 is 1.91 bits per heavy atom. The topological polar surface area (TPSA) is 70.1 Å². The van der Waals surface area contributed by atoms with E-state index >= 15 is 0 Å². The summed E-state index contributed by atoms with van der Waals surface area (Å²) >= 11 is 0. The Labute approximate surface area is 129 Å². The molecule has 6 heteroatoms. The lowest BCUT2D eigenvalue weighted by Crippen LogP contribution is -2.46. The minimum absolute atomic E-state index is 0.283. The smallest absolute Gasteiger partial charge is 0.411 e. The number of amides is 1. The highest BCUT2D eigenvalue weighted by atomic mass is 16.6. The Bertz CT molecular complexity index is 553. The van der Waals surface area contributed by atoms with Gasteiger partial charge in [-0.1, -0.05) is 30.3 Å². The molecule has 1 spiro atoms. The fraction of sp³-hybridized carbons (Fsp3) is 0.500. The van der Waals surface area contributed by atoms with Gasteiger partial charge in [0.25, 0.3) is 0 Å². The molecular formula is C16H20N2O4. The number of likely N-dealkylation sites (tertiary alicyclic amines) is 1. The highest BCUT2D eigenvalue weighted by Crippen LogP contribution is 2.33. The first kappa shape index (κ1) is 14.8. The van der Waals surface area contributed by atoms with Crippen molar-refractivity contribution in [2.45, 2.75) is 25.0 Å². The summed E-state index contributed by atoms with van der Waals surface area (Å²) in [6.07, 6.45) is 1.00. The van der Waals surface area contributed by atoms with E-state index < -0.39 is 17.7 Å². The Balaban J connectivity index is 1.55. The van der Waals surface area contributed by atoms with E-state index in [2.05, 4.69) is 17.0 Å². The number of ether oxygens (including phenoxy) is 1. The average molecular weight is 304 g/mol. The van der Waals surface area contributed by atoms with Crippen LogP contribution in [0.2, 0.25) is 0 Å². The molecule has 0 aromatic heterocycles. The number of hydrogen-bond acceptors (Lipinski definition) is 4. The molecule has 2 aliphatic heterocycles. The predicted octanol–water partition coefficient (Wildman–Crippen LogP) is 1.56. The lowest BCUT2D eigenvalue weighted by atomic mass is 9.91. The molecule has 1 N–H and O–H groups in total. The summed E-state index contributed by atoms with van der Waals surface area (Å²) in [4.78, 5) is 26.2. The average Bonchev–Trinajstić information content (AvgIpc) is 2.78. The molecule has 1 amide bonds. The molecule has 0 saturated carbocycles. The number of hydrogen-bond donors (Lipinski definition) is 1. The normalized spacial score (nSPS) is 21.1. The number of nitrogens with zero attached hydrogens (tertiary/aromatic N) is 2. The van der Waals surface area contributed by atoms with Crippen LogP contribution in [-0.2, 0) is 16.1 Å². The summed E-state index contributed by atoms with van der Waals surface area (Å²) in [5.41, 5.74) is 0.772. The van der Waals surface area contributed by atoms with Crippen molar-refractivity contribution in [2.75, 3.05) is 26.2 Å². The SMILES string of the molecule is O=C(O)CN1CC2(CCN(Cc3ccccc3)CC2)OC1=O. The summed E-state index contributed by atoms with van der Waals surface area (Å²) in [6.45, 7) is 2.70. The van der Waals surface area contributed by atoms with Gasteiger partial charge >= 0.3 is 12.1 Å². The number of carboxylic acids is 1. The zero-order valence-electron chi connectivity index (χ0n) is 12.4. The van der Waals surface area contributed by atoms with Crippen LogP contribution < -0.4 is 0 Å². The molecule has 2 aliphatic rings. The Morgan fingerprint density at radius 3 is 2.55 bits per heavy atom. The summed E-state index contributed by atoms with van der Waals surface area (Å²) < 4.78 is 5.50. The molecule has 2 fully saturated rings. The second-order valence-electron chi connectivity index (χ2n) is 6.06. The van der Waals surface area contributed by atoms with Crippen molar-refractivity contribution in [2.24, 2.45) is 0 Å². The van der Waals surface area contributed by atoms with E-state index in [1.807, 2.05) is 18.2 Å². The van der Waals surface area contributed by atoms with Gasteiger partial charge in [-0.05, 0) is 5.56 Å². The fourth-order valence-electron chi connectivity index (χ4n) is 3.20. The number of carbonyl (C=O) groups is 2.